The van der Waals surface area contributed by atoms with Gasteiger partial charge in [0, 0.05) is 23.1 Å². The lowest BCUT2D eigenvalue weighted by molar-refractivity contribution is -0.446. The summed E-state index contributed by atoms with van der Waals surface area (Å²) >= 11 is 1.33. The molecule has 118 valence electrons. The quantitative estimate of drug-likeness (QED) is 0.285. The van der Waals surface area contributed by atoms with Crippen LogP contribution in [0.5, 0.6) is 5.75 Å². The molecule has 0 amide bonds. The Morgan fingerprint density at radius 3 is 3.09 bits per heavy atom. The number of aromatic nitrogens is 1. The number of fused-ring (bicyclic) bond motifs is 3. The molecule has 1 aromatic heterocycles. The highest BCUT2D eigenvalue weighted by atomic mass is 32.2. The number of aromatic amines is 1. The van der Waals surface area contributed by atoms with Crippen molar-refractivity contribution in [2.75, 3.05) is 12.8 Å². The average molecular weight is 329 g/mol. The van der Waals surface area contributed by atoms with Crippen molar-refractivity contribution in [3.63, 3.8) is 0 Å². The van der Waals surface area contributed by atoms with E-state index in [4.69, 9.17) is 10.5 Å². The van der Waals surface area contributed by atoms with Crippen LogP contribution in [0, 0.1) is 18.4 Å². The average Bonchev–Trinajstić information content (AvgIpc) is 2.94. The Kier molecular flexibility index (Phi) is 4.01. The molecule has 23 heavy (non-hydrogen) atoms. The Bertz CT molecular complexity index is 911. The minimum atomic E-state index is -0.146. The zero-order chi connectivity index (χ0) is 16.6. The van der Waals surface area contributed by atoms with Crippen LogP contribution >= 0.6 is 11.8 Å². The first-order valence-corrected chi connectivity index (χ1v) is 8.41. The number of rotatable bonds is 2. The lowest BCUT2D eigenvalue weighted by atomic mass is 10.0. The number of ether oxygens (including phenoxy) is 1. The fourth-order valence-corrected chi connectivity index (χ4v) is 3.22. The van der Waals surface area contributed by atoms with E-state index in [-0.39, 0.29) is 11.7 Å². The van der Waals surface area contributed by atoms with Crippen molar-refractivity contribution in [3.8, 4) is 11.9 Å². The number of aryl methyl sites for hydroxylation is 1. The topological polar surface area (TPSA) is 94.9 Å². The van der Waals surface area contributed by atoms with Crippen LogP contribution in [0.25, 0.3) is 10.9 Å². The number of thioether (sulfide) groups is 1. The summed E-state index contributed by atoms with van der Waals surface area (Å²) in [7, 11) is 0. The second-order valence-corrected chi connectivity index (χ2v) is 6.32. The van der Waals surface area contributed by atoms with Crippen molar-refractivity contribution in [1.29, 1.82) is 5.26 Å². The summed E-state index contributed by atoms with van der Waals surface area (Å²) in [6.45, 7) is 2.37. The van der Waals surface area contributed by atoms with Gasteiger partial charge < -0.3 is 15.5 Å². The minimum Gasteiger partial charge on any atom is -0.486 e. The highest BCUT2D eigenvalue weighted by molar-refractivity contribution is 8.12. The van der Waals surface area contributed by atoms with E-state index in [0.717, 1.165) is 27.8 Å². The Morgan fingerprint density at radius 2 is 2.39 bits per heavy atom. The number of hydrogen-bond donors (Lipinski definition) is 2. The van der Waals surface area contributed by atoms with Gasteiger partial charge >= 0.3 is 6.19 Å². The van der Waals surface area contributed by atoms with Crippen molar-refractivity contribution in [3.05, 3.63) is 39.7 Å². The van der Waals surface area contributed by atoms with Crippen LogP contribution in [0.3, 0.4) is 0 Å². The number of hydrogen-bond acceptors (Lipinski definition) is 4. The Balaban J connectivity index is 1.97. The molecule has 0 saturated heterocycles. The van der Waals surface area contributed by atoms with Crippen LogP contribution in [0.2, 0.25) is 0 Å². The molecular formula is C16H17N4O2S+. The molecule has 3 N–H and O–H groups in total. The Labute approximate surface area is 137 Å². The van der Waals surface area contributed by atoms with Gasteiger partial charge in [-0.25, -0.2) is 0 Å². The van der Waals surface area contributed by atoms with Crippen molar-refractivity contribution >= 4 is 27.8 Å². The molecule has 1 unspecified atom stereocenters. The van der Waals surface area contributed by atoms with Gasteiger partial charge in [-0.2, -0.15) is 4.58 Å². The van der Waals surface area contributed by atoms with Crippen LogP contribution in [-0.2, 0) is 6.42 Å². The highest BCUT2D eigenvalue weighted by Gasteiger charge is 2.28. The van der Waals surface area contributed by atoms with E-state index in [1.807, 2.05) is 19.2 Å². The number of H-pyrrole nitrogens is 1. The second-order valence-electron chi connectivity index (χ2n) is 5.49. The number of nitriles is 1. The standard InChI is InChI=1S/C16H16N4O2S/c1-9-5-10-6-11(7-20(8-17)16(18)23-2)22-15(10)12-3-4-13(21)19-14(9)12/h3-5,11,18H,6-7H2,1-2H3,(H,19,21)/p+1. The largest absolute Gasteiger partial charge is 0.486 e. The molecule has 0 bridgehead atoms. The maximum atomic E-state index is 11.5. The summed E-state index contributed by atoms with van der Waals surface area (Å²) in [6.07, 6.45) is 4.48. The molecule has 1 atom stereocenters. The summed E-state index contributed by atoms with van der Waals surface area (Å²) in [5, 5.41) is 10.6. The predicted molar refractivity (Wildman–Crippen MR) is 90.9 cm³/mol. The fraction of sp³-hybridized carbons (Fsp3) is 0.312. The first-order chi connectivity index (χ1) is 11.0. The fourth-order valence-electron chi connectivity index (χ4n) is 2.89. The van der Waals surface area contributed by atoms with Gasteiger partial charge in [0.05, 0.1) is 5.52 Å². The molecule has 2 heterocycles. The number of amidine groups is 1. The van der Waals surface area contributed by atoms with Crippen LogP contribution in [0.4, 0.5) is 0 Å². The first-order valence-electron chi connectivity index (χ1n) is 7.19. The SMILES string of the molecule is CSC(N)=[N+](C#N)CC1Cc2cc(C)c3[nH]c(=O)ccc3c2O1. The predicted octanol–water partition coefficient (Wildman–Crippen LogP) is 1.31. The molecule has 2 aromatic rings. The van der Waals surface area contributed by atoms with Crippen molar-refractivity contribution in [1.82, 2.24) is 4.98 Å². The third-order valence-corrected chi connectivity index (χ3v) is 4.59. The number of nitrogens with two attached hydrogens (primary N) is 1. The van der Waals surface area contributed by atoms with E-state index in [0.29, 0.717) is 18.1 Å². The van der Waals surface area contributed by atoms with E-state index >= 15 is 0 Å². The monoisotopic (exact) mass is 329 g/mol. The molecule has 0 fully saturated rings. The summed E-state index contributed by atoms with van der Waals surface area (Å²) in [4.78, 5) is 14.4. The zero-order valence-electron chi connectivity index (χ0n) is 12.9. The molecule has 6 nitrogen and oxygen atoms in total. The maximum absolute atomic E-state index is 11.5. The second kappa shape index (κ2) is 5.97. The Hall–Kier alpha value is -2.46. The number of pyridine rings is 1. The molecule has 0 aliphatic carbocycles. The molecule has 0 saturated carbocycles. The lowest BCUT2D eigenvalue weighted by Crippen LogP contribution is -2.31. The lowest BCUT2D eigenvalue weighted by Gasteiger charge is -2.11. The van der Waals surface area contributed by atoms with Crippen LogP contribution in [0.1, 0.15) is 11.1 Å². The number of benzene rings is 1. The third-order valence-electron chi connectivity index (χ3n) is 3.95. The van der Waals surface area contributed by atoms with Gasteiger partial charge in [0.25, 0.3) is 5.17 Å². The van der Waals surface area contributed by atoms with E-state index in [2.05, 4.69) is 11.2 Å². The molecule has 0 radical (unpaired) electrons. The number of nitrogens with one attached hydrogen (secondary N) is 1. The molecule has 1 aliphatic heterocycles. The summed E-state index contributed by atoms with van der Waals surface area (Å²) in [5.41, 5.74) is 8.59. The van der Waals surface area contributed by atoms with Gasteiger partial charge in [-0.05, 0) is 30.4 Å². The first kappa shape index (κ1) is 15.4. The summed E-state index contributed by atoms with van der Waals surface area (Å²) in [5.74, 6) is 0.785. The highest BCUT2D eigenvalue weighted by Crippen LogP contribution is 2.37. The van der Waals surface area contributed by atoms with Gasteiger partial charge in [0.15, 0.2) is 0 Å². The zero-order valence-corrected chi connectivity index (χ0v) is 13.7. The van der Waals surface area contributed by atoms with Crippen molar-refractivity contribution in [2.45, 2.75) is 19.4 Å². The van der Waals surface area contributed by atoms with Crippen LogP contribution in [-0.4, -0.2) is 33.6 Å². The van der Waals surface area contributed by atoms with Crippen molar-refractivity contribution < 1.29 is 9.31 Å². The normalized spacial score (nSPS) is 17.3. The maximum Gasteiger partial charge on any atom is 0.371 e. The minimum absolute atomic E-state index is 0.131. The molecule has 1 aliphatic rings. The smallest absolute Gasteiger partial charge is 0.371 e. The molecule has 0 spiro atoms. The van der Waals surface area contributed by atoms with Crippen molar-refractivity contribution in [2.24, 2.45) is 5.73 Å². The van der Waals surface area contributed by atoms with Gasteiger partial charge in [0.1, 0.15) is 18.4 Å². The van der Waals surface area contributed by atoms with Crippen LogP contribution in [0.15, 0.2) is 23.0 Å². The third kappa shape index (κ3) is 2.78. The molecule has 1 aromatic carbocycles. The Morgan fingerprint density at radius 1 is 1.61 bits per heavy atom. The van der Waals surface area contributed by atoms with Gasteiger partial charge in [-0.1, -0.05) is 17.8 Å². The van der Waals surface area contributed by atoms with Gasteiger partial charge in [-0.15, -0.1) is 0 Å². The summed E-state index contributed by atoms with van der Waals surface area (Å²) < 4.78 is 7.49. The summed E-state index contributed by atoms with van der Waals surface area (Å²) in [6, 6.07) is 5.32. The molecular weight excluding hydrogens is 312 g/mol. The van der Waals surface area contributed by atoms with E-state index in [9.17, 15) is 10.1 Å². The van der Waals surface area contributed by atoms with Gasteiger partial charge in [-0.3, -0.25) is 4.79 Å². The van der Waals surface area contributed by atoms with E-state index in [1.54, 1.807) is 6.07 Å². The van der Waals surface area contributed by atoms with E-state index in [1.165, 1.54) is 22.4 Å². The van der Waals surface area contributed by atoms with Gasteiger partial charge in [0.2, 0.25) is 5.56 Å². The molecule has 3 rings (SSSR count). The van der Waals surface area contributed by atoms with Crippen LogP contribution < -0.4 is 16.0 Å². The molecule has 7 heteroatoms. The number of nitrogens with zero attached hydrogens (tertiary/aromatic N) is 2. The van der Waals surface area contributed by atoms with E-state index < -0.39 is 0 Å².